The Hall–Kier alpha value is -1.22. The first-order valence-electron chi connectivity index (χ1n) is 5.21. The Morgan fingerprint density at radius 1 is 1.38 bits per heavy atom. The first-order valence-corrected chi connectivity index (χ1v) is 5.75. The molecule has 0 fully saturated rings. The molecule has 16 heavy (non-hydrogen) atoms. The second-order valence-corrected chi connectivity index (χ2v) is 4.09. The van der Waals surface area contributed by atoms with Gasteiger partial charge in [0.15, 0.2) is 0 Å². The number of carbonyl (C=O) groups is 1. The van der Waals surface area contributed by atoms with Gasteiger partial charge in [-0.05, 0) is 24.1 Å². The second-order valence-electron chi connectivity index (χ2n) is 3.71. The Balaban J connectivity index is 2.47. The van der Waals surface area contributed by atoms with Gasteiger partial charge in [-0.1, -0.05) is 12.1 Å². The molecule has 0 aromatic heterocycles. The zero-order valence-corrected chi connectivity index (χ0v) is 10.1. The summed E-state index contributed by atoms with van der Waals surface area (Å²) in [4.78, 5) is 13.3. The van der Waals surface area contributed by atoms with Crippen LogP contribution >= 0.6 is 11.6 Å². The maximum absolute atomic E-state index is 11.6. The quantitative estimate of drug-likeness (QED) is 0.804. The monoisotopic (exact) mass is 241 g/mol. The zero-order valence-electron chi connectivity index (χ0n) is 9.32. The molecule has 0 bridgehead atoms. The summed E-state index contributed by atoms with van der Waals surface area (Å²) >= 11 is 5.53. The van der Waals surface area contributed by atoms with E-state index >= 15 is 0 Å². The fourth-order valence-corrected chi connectivity index (χ4v) is 1.51. The Morgan fingerprint density at radius 3 is 2.56 bits per heavy atom. The molecule has 3 nitrogen and oxygen atoms in total. The number of phenols is 1. The van der Waals surface area contributed by atoms with E-state index in [1.165, 1.54) is 0 Å². The standard InChI is InChI=1S/C12H16ClNO2/c1-14(12(16)3-2-8-13)9-10-4-6-11(15)7-5-10/h4-7,15H,2-3,8-9H2,1H3. The molecule has 0 aliphatic rings. The van der Waals surface area contributed by atoms with Gasteiger partial charge in [-0.15, -0.1) is 11.6 Å². The Bertz CT molecular complexity index is 337. The number of nitrogens with zero attached hydrogens (tertiary/aromatic N) is 1. The van der Waals surface area contributed by atoms with Crippen molar-refractivity contribution in [2.75, 3.05) is 12.9 Å². The molecule has 88 valence electrons. The van der Waals surface area contributed by atoms with Gasteiger partial charge in [0.1, 0.15) is 5.75 Å². The maximum Gasteiger partial charge on any atom is 0.222 e. The van der Waals surface area contributed by atoms with Gasteiger partial charge in [0.25, 0.3) is 0 Å². The van der Waals surface area contributed by atoms with Crippen LogP contribution in [0.3, 0.4) is 0 Å². The second kappa shape index (κ2) is 6.38. The highest BCUT2D eigenvalue weighted by molar-refractivity contribution is 6.17. The lowest BCUT2D eigenvalue weighted by atomic mass is 10.2. The molecule has 0 radical (unpaired) electrons. The van der Waals surface area contributed by atoms with Crippen LogP contribution < -0.4 is 0 Å². The van der Waals surface area contributed by atoms with Crippen LogP contribution in [0.2, 0.25) is 0 Å². The third kappa shape index (κ3) is 4.11. The fraction of sp³-hybridized carbons (Fsp3) is 0.417. The molecule has 0 saturated heterocycles. The summed E-state index contributed by atoms with van der Waals surface area (Å²) in [5, 5.41) is 9.12. The molecule has 1 rings (SSSR count). The predicted octanol–water partition coefficient (Wildman–Crippen LogP) is 2.37. The fourth-order valence-electron chi connectivity index (χ4n) is 1.37. The van der Waals surface area contributed by atoms with E-state index in [4.69, 9.17) is 16.7 Å². The Labute approximate surface area is 101 Å². The van der Waals surface area contributed by atoms with E-state index in [9.17, 15) is 4.79 Å². The first kappa shape index (κ1) is 12.8. The van der Waals surface area contributed by atoms with Crippen molar-refractivity contribution in [2.45, 2.75) is 19.4 Å². The number of rotatable bonds is 5. The minimum Gasteiger partial charge on any atom is -0.508 e. The summed E-state index contributed by atoms with van der Waals surface area (Å²) in [6.45, 7) is 0.557. The number of aromatic hydroxyl groups is 1. The van der Waals surface area contributed by atoms with Crippen molar-refractivity contribution in [1.82, 2.24) is 4.90 Å². The van der Waals surface area contributed by atoms with E-state index in [0.29, 0.717) is 25.3 Å². The van der Waals surface area contributed by atoms with Crippen LogP contribution in [0.25, 0.3) is 0 Å². The van der Waals surface area contributed by atoms with Gasteiger partial charge in [0.2, 0.25) is 5.91 Å². The van der Waals surface area contributed by atoms with Crippen LogP contribution in [0, 0.1) is 0 Å². The molecule has 0 spiro atoms. The van der Waals surface area contributed by atoms with Crippen molar-refractivity contribution in [3.8, 4) is 5.75 Å². The van der Waals surface area contributed by atoms with Gasteiger partial charge in [0, 0.05) is 25.9 Å². The molecule has 0 aliphatic heterocycles. The van der Waals surface area contributed by atoms with E-state index in [-0.39, 0.29) is 11.7 Å². The Morgan fingerprint density at radius 2 is 2.00 bits per heavy atom. The third-order valence-electron chi connectivity index (χ3n) is 2.31. The highest BCUT2D eigenvalue weighted by Crippen LogP contribution is 2.11. The van der Waals surface area contributed by atoms with Crippen molar-refractivity contribution < 1.29 is 9.90 Å². The number of carbonyl (C=O) groups excluding carboxylic acids is 1. The van der Waals surface area contributed by atoms with Crippen molar-refractivity contribution in [1.29, 1.82) is 0 Å². The van der Waals surface area contributed by atoms with Gasteiger partial charge in [-0.2, -0.15) is 0 Å². The van der Waals surface area contributed by atoms with Crippen LogP contribution in [0.1, 0.15) is 18.4 Å². The molecule has 0 aliphatic carbocycles. The summed E-state index contributed by atoms with van der Waals surface area (Å²) in [6.07, 6.45) is 1.19. The molecule has 4 heteroatoms. The molecule has 0 heterocycles. The molecule has 1 aromatic carbocycles. The molecule has 0 atom stereocenters. The number of hydrogen-bond donors (Lipinski definition) is 1. The van der Waals surface area contributed by atoms with E-state index in [2.05, 4.69) is 0 Å². The summed E-state index contributed by atoms with van der Waals surface area (Å²) in [6, 6.07) is 6.85. The normalized spacial score (nSPS) is 10.1. The van der Waals surface area contributed by atoms with Gasteiger partial charge in [-0.3, -0.25) is 4.79 Å². The SMILES string of the molecule is CN(Cc1ccc(O)cc1)C(=O)CCCCl. The van der Waals surface area contributed by atoms with Crippen molar-refractivity contribution in [3.05, 3.63) is 29.8 Å². The van der Waals surface area contributed by atoms with Crippen LogP contribution in [0.4, 0.5) is 0 Å². The summed E-state index contributed by atoms with van der Waals surface area (Å²) in [5.41, 5.74) is 1.000. The largest absolute Gasteiger partial charge is 0.508 e. The minimum absolute atomic E-state index is 0.0914. The van der Waals surface area contributed by atoms with Crippen molar-refractivity contribution in [3.63, 3.8) is 0 Å². The zero-order chi connectivity index (χ0) is 12.0. The smallest absolute Gasteiger partial charge is 0.222 e. The van der Waals surface area contributed by atoms with Gasteiger partial charge < -0.3 is 10.0 Å². The van der Waals surface area contributed by atoms with E-state index < -0.39 is 0 Å². The first-order chi connectivity index (χ1) is 7.63. The number of phenolic OH excluding ortho intramolecular Hbond substituents is 1. The van der Waals surface area contributed by atoms with Crippen molar-refractivity contribution in [2.24, 2.45) is 0 Å². The average molecular weight is 242 g/mol. The topological polar surface area (TPSA) is 40.5 Å². The van der Waals surface area contributed by atoms with Crippen LogP contribution in [-0.4, -0.2) is 28.8 Å². The Kier molecular flexibility index (Phi) is 5.12. The lowest BCUT2D eigenvalue weighted by molar-refractivity contribution is -0.130. The highest BCUT2D eigenvalue weighted by Gasteiger charge is 2.08. The summed E-state index contributed by atoms with van der Waals surface area (Å²) in [5.74, 6) is 0.840. The number of amides is 1. The predicted molar refractivity (Wildman–Crippen MR) is 64.5 cm³/mol. The molecule has 0 unspecified atom stereocenters. The van der Waals surface area contributed by atoms with Crippen LogP contribution in [-0.2, 0) is 11.3 Å². The minimum atomic E-state index is 0.0914. The summed E-state index contributed by atoms with van der Waals surface area (Å²) in [7, 11) is 1.77. The number of hydrogen-bond acceptors (Lipinski definition) is 2. The summed E-state index contributed by atoms with van der Waals surface area (Å²) < 4.78 is 0. The molecule has 1 aromatic rings. The van der Waals surface area contributed by atoms with Gasteiger partial charge >= 0.3 is 0 Å². The van der Waals surface area contributed by atoms with Gasteiger partial charge in [0.05, 0.1) is 0 Å². The molecule has 1 amide bonds. The molecular formula is C12H16ClNO2. The lowest BCUT2D eigenvalue weighted by Gasteiger charge is -2.17. The maximum atomic E-state index is 11.6. The molecular weight excluding hydrogens is 226 g/mol. The highest BCUT2D eigenvalue weighted by atomic mass is 35.5. The van der Waals surface area contributed by atoms with Crippen LogP contribution in [0.5, 0.6) is 5.75 Å². The third-order valence-corrected chi connectivity index (χ3v) is 2.57. The molecule has 0 saturated carbocycles. The lowest BCUT2D eigenvalue weighted by Crippen LogP contribution is -2.25. The van der Waals surface area contributed by atoms with E-state index in [1.54, 1.807) is 36.2 Å². The number of halogens is 1. The molecule has 1 N–H and O–H groups in total. The number of alkyl halides is 1. The van der Waals surface area contributed by atoms with Gasteiger partial charge in [-0.25, -0.2) is 0 Å². The van der Waals surface area contributed by atoms with E-state index in [0.717, 1.165) is 5.56 Å². The van der Waals surface area contributed by atoms with Crippen LogP contribution in [0.15, 0.2) is 24.3 Å². The average Bonchev–Trinajstić information content (AvgIpc) is 2.29. The number of benzene rings is 1. The van der Waals surface area contributed by atoms with Crippen molar-refractivity contribution >= 4 is 17.5 Å². The van der Waals surface area contributed by atoms with E-state index in [1.807, 2.05) is 0 Å².